The fourth-order valence-corrected chi connectivity index (χ4v) is 1.88. The van der Waals surface area contributed by atoms with Crippen molar-refractivity contribution in [3.05, 3.63) is 29.8 Å². The molecule has 0 aromatic heterocycles. The van der Waals surface area contributed by atoms with Crippen LogP contribution in [0.25, 0.3) is 0 Å². The highest BCUT2D eigenvalue weighted by Crippen LogP contribution is 2.30. The molecular formula is C13H19NO2. The predicted molar refractivity (Wildman–Crippen MR) is 63.3 cm³/mol. The van der Waals surface area contributed by atoms with Crippen LogP contribution in [0.4, 0.5) is 0 Å². The van der Waals surface area contributed by atoms with Gasteiger partial charge in [0, 0.05) is 12.1 Å². The van der Waals surface area contributed by atoms with Crippen LogP contribution in [-0.4, -0.2) is 28.8 Å². The van der Waals surface area contributed by atoms with Gasteiger partial charge in [-0.1, -0.05) is 12.1 Å². The van der Waals surface area contributed by atoms with E-state index in [1.807, 2.05) is 12.1 Å². The van der Waals surface area contributed by atoms with Crippen LogP contribution < -0.4 is 0 Å². The molecule has 88 valence electrons. The first-order chi connectivity index (χ1) is 7.47. The van der Waals surface area contributed by atoms with E-state index >= 15 is 0 Å². The van der Waals surface area contributed by atoms with Gasteiger partial charge in [0.2, 0.25) is 0 Å². The molecule has 1 atom stereocenters. The molecular weight excluding hydrogens is 202 g/mol. The van der Waals surface area contributed by atoms with Gasteiger partial charge in [0.1, 0.15) is 12.5 Å². The first-order valence-electron chi connectivity index (χ1n) is 5.62. The number of rotatable bonds is 1. The van der Waals surface area contributed by atoms with E-state index in [1.165, 1.54) is 0 Å². The Balaban J connectivity index is 2.09. The van der Waals surface area contributed by atoms with Gasteiger partial charge in [0.25, 0.3) is 0 Å². The molecule has 1 unspecified atom stereocenters. The average Bonchev–Trinajstić information content (AvgIpc) is 2.65. The average molecular weight is 221 g/mol. The van der Waals surface area contributed by atoms with E-state index in [9.17, 15) is 5.11 Å². The lowest BCUT2D eigenvalue weighted by molar-refractivity contribution is 0.0607. The third-order valence-corrected chi connectivity index (χ3v) is 3.01. The number of hydrogen-bond acceptors (Lipinski definition) is 3. The second kappa shape index (κ2) is 4.07. The van der Waals surface area contributed by atoms with Gasteiger partial charge in [-0.25, -0.2) is 0 Å². The summed E-state index contributed by atoms with van der Waals surface area (Å²) < 4.78 is 5.75. The lowest BCUT2D eigenvalue weighted by Gasteiger charge is -2.29. The molecule has 0 spiro atoms. The SMILES string of the molecule is CC(C)(C)N1COC(c2cccc(O)c2)C1. The normalized spacial score (nSPS) is 22.6. The third kappa shape index (κ3) is 2.36. The predicted octanol–water partition coefficient (Wildman–Crippen LogP) is 2.52. The number of hydrogen-bond donors (Lipinski definition) is 1. The van der Waals surface area contributed by atoms with E-state index in [0.717, 1.165) is 12.1 Å². The van der Waals surface area contributed by atoms with Gasteiger partial charge in [0.15, 0.2) is 0 Å². The van der Waals surface area contributed by atoms with Crippen molar-refractivity contribution in [2.45, 2.75) is 32.4 Å². The molecule has 0 saturated carbocycles. The maximum Gasteiger partial charge on any atom is 0.115 e. The molecule has 3 heteroatoms. The summed E-state index contributed by atoms with van der Waals surface area (Å²) in [6.07, 6.45) is 0.0753. The van der Waals surface area contributed by atoms with Crippen LogP contribution in [-0.2, 0) is 4.74 Å². The van der Waals surface area contributed by atoms with Crippen molar-refractivity contribution >= 4 is 0 Å². The number of phenolic OH excluding ortho intramolecular Hbond substituents is 1. The molecule has 1 aromatic carbocycles. The number of phenols is 1. The highest BCUT2D eigenvalue weighted by atomic mass is 16.5. The van der Waals surface area contributed by atoms with Crippen LogP contribution in [0.3, 0.4) is 0 Å². The first kappa shape index (κ1) is 11.4. The maximum absolute atomic E-state index is 9.43. The van der Waals surface area contributed by atoms with Crippen molar-refractivity contribution in [1.82, 2.24) is 4.90 Å². The quantitative estimate of drug-likeness (QED) is 0.791. The Bertz CT molecular complexity index is 370. The molecule has 1 fully saturated rings. The van der Waals surface area contributed by atoms with Gasteiger partial charge in [-0.05, 0) is 38.5 Å². The van der Waals surface area contributed by atoms with Gasteiger partial charge < -0.3 is 9.84 Å². The molecule has 1 N–H and O–H groups in total. The highest BCUT2D eigenvalue weighted by Gasteiger charge is 2.31. The van der Waals surface area contributed by atoms with Crippen LogP contribution in [0.2, 0.25) is 0 Å². The van der Waals surface area contributed by atoms with E-state index in [0.29, 0.717) is 12.5 Å². The van der Waals surface area contributed by atoms with E-state index < -0.39 is 0 Å². The molecule has 0 aliphatic carbocycles. The molecule has 0 amide bonds. The van der Waals surface area contributed by atoms with E-state index in [-0.39, 0.29) is 11.6 Å². The van der Waals surface area contributed by atoms with Crippen LogP contribution >= 0.6 is 0 Å². The zero-order valence-corrected chi connectivity index (χ0v) is 10.1. The second-order valence-electron chi connectivity index (χ2n) is 5.27. The van der Waals surface area contributed by atoms with E-state index in [2.05, 4.69) is 25.7 Å². The minimum atomic E-state index is 0.0753. The lowest BCUT2D eigenvalue weighted by Crippen LogP contribution is -2.39. The van der Waals surface area contributed by atoms with Gasteiger partial charge in [0.05, 0.1) is 6.10 Å². The number of aromatic hydroxyl groups is 1. The molecule has 1 saturated heterocycles. The monoisotopic (exact) mass is 221 g/mol. The standard InChI is InChI=1S/C13H19NO2/c1-13(2,3)14-8-12(16-9-14)10-5-4-6-11(15)7-10/h4-7,12,15H,8-9H2,1-3H3. The Morgan fingerprint density at radius 3 is 2.69 bits per heavy atom. The van der Waals surface area contributed by atoms with Gasteiger partial charge in [-0.2, -0.15) is 0 Å². The summed E-state index contributed by atoms with van der Waals surface area (Å²) in [4.78, 5) is 2.29. The smallest absolute Gasteiger partial charge is 0.115 e. The van der Waals surface area contributed by atoms with Crippen LogP contribution in [0, 0.1) is 0 Å². The lowest BCUT2D eigenvalue weighted by atomic mass is 10.0. The summed E-state index contributed by atoms with van der Waals surface area (Å²) in [6.45, 7) is 8.08. The molecule has 0 radical (unpaired) electrons. The molecule has 2 rings (SSSR count). The van der Waals surface area contributed by atoms with Crippen molar-refractivity contribution in [3.63, 3.8) is 0 Å². The van der Waals surface area contributed by atoms with Crippen molar-refractivity contribution in [3.8, 4) is 5.75 Å². The zero-order chi connectivity index (χ0) is 11.8. The van der Waals surface area contributed by atoms with Crippen molar-refractivity contribution < 1.29 is 9.84 Å². The molecule has 1 aliphatic heterocycles. The van der Waals surface area contributed by atoms with Crippen molar-refractivity contribution in [2.75, 3.05) is 13.3 Å². The molecule has 1 aromatic rings. The Morgan fingerprint density at radius 2 is 2.12 bits per heavy atom. The molecule has 0 bridgehead atoms. The highest BCUT2D eigenvalue weighted by molar-refractivity contribution is 5.29. The number of nitrogens with zero attached hydrogens (tertiary/aromatic N) is 1. The van der Waals surface area contributed by atoms with Crippen LogP contribution in [0.15, 0.2) is 24.3 Å². The van der Waals surface area contributed by atoms with Crippen molar-refractivity contribution in [2.24, 2.45) is 0 Å². The third-order valence-electron chi connectivity index (χ3n) is 3.01. The van der Waals surface area contributed by atoms with E-state index in [4.69, 9.17) is 4.74 Å². The minimum absolute atomic E-state index is 0.0753. The summed E-state index contributed by atoms with van der Waals surface area (Å²) in [5, 5.41) is 9.43. The summed E-state index contributed by atoms with van der Waals surface area (Å²) in [6, 6.07) is 7.31. The Morgan fingerprint density at radius 1 is 1.38 bits per heavy atom. The molecule has 1 heterocycles. The summed E-state index contributed by atoms with van der Waals surface area (Å²) in [7, 11) is 0. The molecule has 3 nitrogen and oxygen atoms in total. The second-order valence-corrected chi connectivity index (χ2v) is 5.27. The first-order valence-corrected chi connectivity index (χ1v) is 5.62. The van der Waals surface area contributed by atoms with Crippen LogP contribution in [0.5, 0.6) is 5.75 Å². The Hall–Kier alpha value is -1.06. The van der Waals surface area contributed by atoms with Gasteiger partial charge in [-0.15, -0.1) is 0 Å². The fraction of sp³-hybridized carbons (Fsp3) is 0.538. The molecule has 16 heavy (non-hydrogen) atoms. The topological polar surface area (TPSA) is 32.7 Å². The zero-order valence-electron chi connectivity index (χ0n) is 10.1. The van der Waals surface area contributed by atoms with Gasteiger partial charge in [-0.3, -0.25) is 4.90 Å². The summed E-state index contributed by atoms with van der Waals surface area (Å²) in [5.74, 6) is 0.301. The minimum Gasteiger partial charge on any atom is -0.508 e. The van der Waals surface area contributed by atoms with Gasteiger partial charge >= 0.3 is 0 Å². The number of ether oxygens (including phenoxy) is 1. The maximum atomic E-state index is 9.43. The Labute approximate surface area is 96.6 Å². The van der Waals surface area contributed by atoms with E-state index in [1.54, 1.807) is 12.1 Å². The van der Waals surface area contributed by atoms with Crippen LogP contribution in [0.1, 0.15) is 32.4 Å². The Kier molecular flexibility index (Phi) is 2.91. The fourth-order valence-electron chi connectivity index (χ4n) is 1.88. The van der Waals surface area contributed by atoms with Crippen molar-refractivity contribution in [1.29, 1.82) is 0 Å². The summed E-state index contributed by atoms with van der Waals surface area (Å²) >= 11 is 0. The summed E-state index contributed by atoms with van der Waals surface area (Å²) in [5.41, 5.74) is 1.18. The molecule has 1 aliphatic rings. The number of benzene rings is 1. The largest absolute Gasteiger partial charge is 0.508 e.